The van der Waals surface area contributed by atoms with Crippen LogP contribution in [0.25, 0.3) is 0 Å². The van der Waals surface area contributed by atoms with Crippen molar-refractivity contribution < 1.29 is 33.0 Å². The first-order valence-electron chi connectivity index (χ1n) is 6.09. The second kappa shape index (κ2) is 9.16. The highest BCUT2D eigenvalue weighted by Crippen LogP contribution is 2.22. The molecule has 0 aromatic rings. The van der Waals surface area contributed by atoms with Gasteiger partial charge in [0.1, 0.15) is 18.2 Å². The third kappa shape index (κ3) is 12.5. The molecule has 0 saturated carbocycles. The third-order valence-electron chi connectivity index (χ3n) is 2.04. The predicted molar refractivity (Wildman–Crippen MR) is 76.8 cm³/mol. The molecule has 6 nitrogen and oxygen atoms in total. The lowest BCUT2D eigenvalue weighted by atomic mass is 10.1. The van der Waals surface area contributed by atoms with Crippen LogP contribution in [-0.2, 0) is 19.1 Å². The van der Waals surface area contributed by atoms with Gasteiger partial charge in [0.05, 0.1) is 13.0 Å². The zero-order valence-electron chi connectivity index (χ0n) is 12.3. The molecule has 0 spiro atoms. The minimum Gasteiger partial charge on any atom is -0.480 e. The van der Waals surface area contributed by atoms with Crippen LogP contribution in [0.4, 0.5) is 8.78 Å². The number of esters is 1. The average Bonchev–Trinajstić information content (AvgIpc) is 2.23. The van der Waals surface area contributed by atoms with Gasteiger partial charge in [-0.3, -0.25) is 9.59 Å². The van der Waals surface area contributed by atoms with Crippen LogP contribution in [0.5, 0.6) is 0 Å². The largest absolute Gasteiger partial charge is 0.480 e. The van der Waals surface area contributed by atoms with Gasteiger partial charge in [-0.2, -0.15) is 13.5 Å². The molecule has 0 aliphatic carbocycles. The summed E-state index contributed by atoms with van der Waals surface area (Å²) >= 11 is 0. The van der Waals surface area contributed by atoms with E-state index in [2.05, 4.69) is 4.74 Å². The Balaban J connectivity index is 0. The Bertz CT molecular complexity index is 347. The summed E-state index contributed by atoms with van der Waals surface area (Å²) in [6, 6.07) is -1.35. The molecule has 0 radical (unpaired) electrons. The Labute approximate surface area is 129 Å². The second-order valence-electron chi connectivity index (χ2n) is 5.40. The van der Waals surface area contributed by atoms with Crippen LogP contribution in [-0.4, -0.2) is 47.8 Å². The fraction of sp³-hybridized carbons (Fsp3) is 0.833. The molecule has 21 heavy (non-hydrogen) atoms. The van der Waals surface area contributed by atoms with Crippen molar-refractivity contribution in [3.63, 3.8) is 0 Å². The Morgan fingerprint density at radius 2 is 1.81 bits per heavy atom. The fourth-order valence-corrected chi connectivity index (χ4v) is 1.16. The number of carbonyl (C=O) groups excluding carboxylic acids is 1. The molecule has 0 aromatic heterocycles. The maximum absolute atomic E-state index is 13.3. The molecular formula is C12H23F2NO5S. The number of carboxylic acid groups (broad SMARTS) is 1. The molecule has 1 atom stereocenters. The van der Waals surface area contributed by atoms with E-state index in [0.717, 1.165) is 0 Å². The van der Waals surface area contributed by atoms with Crippen LogP contribution in [0.3, 0.4) is 0 Å². The van der Waals surface area contributed by atoms with E-state index >= 15 is 0 Å². The summed E-state index contributed by atoms with van der Waals surface area (Å²) in [7, 11) is 0. The first-order chi connectivity index (χ1) is 8.93. The molecule has 0 saturated heterocycles. The van der Waals surface area contributed by atoms with Gasteiger partial charge in [-0.1, -0.05) is 0 Å². The van der Waals surface area contributed by atoms with E-state index in [1.54, 1.807) is 20.8 Å². The lowest BCUT2D eigenvalue weighted by Crippen LogP contribution is -2.37. The summed E-state index contributed by atoms with van der Waals surface area (Å²) in [6.45, 7) is 3.41. The number of nitrogens with two attached hydrogens (primary N) is 1. The summed E-state index contributed by atoms with van der Waals surface area (Å²) in [4.78, 5) is 21.6. The van der Waals surface area contributed by atoms with Crippen molar-refractivity contribution in [2.45, 2.75) is 51.2 Å². The SMILES string of the molecule is CC(C)(C)OC(=O)CCC(F)(F)COC[C@H](N)C(=O)O.S. The van der Waals surface area contributed by atoms with E-state index in [4.69, 9.17) is 15.6 Å². The highest BCUT2D eigenvalue weighted by atomic mass is 32.1. The molecule has 0 heterocycles. The topological polar surface area (TPSA) is 98.9 Å². The van der Waals surface area contributed by atoms with Crippen LogP contribution in [0.1, 0.15) is 33.6 Å². The molecule has 0 unspecified atom stereocenters. The summed E-state index contributed by atoms with van der Waals surface area (Å²) in [5.41, 5.74) is 4.37. The number of rotatable bonds is 8. The Kier molecular flexibility index (Phi) is 9.75. The maximum atomic E-state index is 13.3. The smallest absolute Gasteiger partial charge is 0.322 e. The van der Waals surface area contributed by atoms with Crippen LogP contribution >= 0.6 is 13.5 Å². The fourth-order valence-electron chi connectivity index (χ4n) is 1.16. The highest BCUT2D eigenvalue weighted by molar-refractivity contribution is 7.59. The number of hydrogen-bond acceptors (Lipinski definition) is 5. The van der Waals surface area contributed by atoms with Gasteiger partial charge < -0.3 is 20.3 Å². The molecule has 0 rings (SSSR count). The van der Waals surface area contributed by atoms with Gasteiger partial charge in [0.2, 0.25) is 0 Å². The molecule has 0 aliphatic rings. The maximum Gasteiger partial charge on any atom is 0.322 e. The van der Waals surface area contributed by atoms with Gasteiger partial charge in [0.25, 0.3) is 5.92 Å². The van der Waals surface area contributed by atoms with E-state index in [-0.39, 0.29) is 13.5 Å². The predicted octanol–water partition coefficient (Wildman–Crippen LogP) is 1.28. The van der Waals surface area contributed by atoms with E-state index in [0.29, 0.717) is 0 Å². The molecule has 0 fully saturated rings. The quantitative estimate of drug-likeness (QED) is 0.650. The Morgan fingerprint density at radius 1 is 1.29 bits per heavy atom. The minimum absolute atomic E-state index is 0. The normalized spacial score (nSPS) is 13.2. The molecule has 0 aliphatic heterocycles. The summed E-state index contributed by atoms with van der Waals surface area (Å²) in [6.07, 6.45) is -1.18. The minimum atomic E-state index is -3.24. The summed E-state index contributed by atoms with van der Waals surface area (Å²) < 4.78 is 36.1. The number of ether oxygens (including phenoxy) is 2. The van der Waals surface area contributed by atoms with Crippen LogP contribution in [0, 0.1) is 0 Å². The van der Waals surface area contributed by atoms with Crippen molar-refractivity contribution in [3.8, 4) is 0 Å². The summed E-state index contributed by atoms with van der Waals surface area (Å²) in [5, 5.41) is 8.44. The van der Waals surface area contributed by atoms with Crippen LogP contribution in [0.2, 0.25) is 0 Å². The number of alkyl halides is 2. The first kappa shape index (κ1) is 22.4. The summed E-state index contributed by atoms with van der Waals surface area (Å²) in [5.74, 6) is -5.30. The van der Waals surface area contributed by atoms with Crippen molar-refractivity contribution in [1.29, 1.82) is 0 Å². The molecule has 3 N–H and O–H groups in total. The van der Waals surface area contributed by atoms with Crippen molar-refractivity contribution in [2.24, 2.45) is 5.73 Å². The standard InChI is InChI=1S/C12H21F2NO5.H2S/c1-11(2,3)20-9(16)4-5-12(13,14)7-19-6-8(15)10(17)18;/h8H,4-7,15H2,1-3H3,(H,17,18);1H2/t8-;/m0./s1. The number of hydrogen-bond donors (Lipinski definition) is 2. The zero-order chi connectivity index (χ0) is 16.0. The zero-order valence-corrected chi connectivity index (χ0v) is 13.3. The van der Waals surface area contributed by atoms with Crippen molar-refractivity contribution >= 4 is 25.4 Å². The van der Waals surface area contributed by atoms with E-state index in [9.17, 15) is 18.4 Å². The van der Waals surface area contributed by atoms with E-state index in [1.807, 2.05) is 0 Å². The molecule has 0 aromatic carbocycles. The number of carboxylic acids is 1. The van der Waals surface area contributed by atoms with Crippen molar-refractivity contribution in [3.05, 3.63) is 0 Å². The molecule has 9 heteroatoms. The third-order valence-corrected chi connectivity index (χ3v) is 2.04. The second-order valence-corrected chi connectivity index (χ2v) is 5.40. The molecular weight excluding hydrogens is 308 g/mol. The van der Waals surface area contributed by atoms with Crippen LogP contribution < -0.4 is 5.73 Å². The van der Waals surface area contributed by atoms with Crippen molar-refractivity contribution in [2.75, 3.05) is 13.2 Å². The van der Waals surface area contributed by atoms with E-state index in [1.165, 1.54) is 0 Å². The number of aliphatic carboxylic acids is 1. The van der Waals surface area contributed by atoms with Gasteiger partial charge in [-0.05, 0) is 20.8 Å². The van der Waals surface area contributed by atoms with Gasteiger partial charge in [0, 0.05) is 6.42 Å². The average molecular weight is 331 g/mol. The monoisotopic (exact) mass is 331 g/mol. The number of carbonyl (C=O) groups is 2. The van der Waals surface area contributed by atoms with Gasteiger partial charge in [-0.15, -0.1) is 0 Å². The van der Waals surface area contributed by atoms with Crippen molar-refractivity contribution in [1.82, 2.24) is 0 Å². The Morgan fingerprint density at radius 3 is 2.24 bits per heavy atom. The Hall–Kier alpha value is -0.930. The molecule has 0 amide bonds. The highest BCUT2D eigenvalue weighted by Gasteiger charge is 2.31. The number of halogens is 2. The first-order valence-corrected chi connectivity index (χ1v) is 6.09. The van der Waals surface area contributed by atoms with E-state index < -0.39 is 55.6 Å². The van der Waals surface area contributed by atoms with Crippen LogP contribution in [0.15, 0.2) is 0 Å². The van der Waals surface area contributed by atoms with Gasteiger partial charge in [-0.25, -0.2) is 8.78 Å². The molecule has 126 valence electrons. The van der Waals surface area contributed by atoms with Gasteiger partial charge >= 0.3 is 11.9 Å². The van der Waals surface area contributed by atoms with Gasteiger partial charge in [0.15, 0.2) is 0 Å². The molecule has 0 bridgehead atoms. The lowest BCUT2D eigenvalue weighted by Gasteiger charge is -2.21. The lowest BCUT2D eigenvalue weighted by molar-refractivity contribution is -0.158.